The summed E-state index contributed by atoms with van der Waals surface area (Å²) in [5.74, 6) is 3.57. The summed E-state index contributed by atoms with van der Waals surface area (Å²) in [5.41, 5.74) is 2.84. The Morgan fingerprint density at radius 2 is 2.05 bits per heavy atom. The molecule has 1 heterocycles. The van der Waals surface area contributed by atoms with Gasteiger partial charge < -0.3 is 4.90 Å². The number of carbonyl (C=O) groups excluding carboxylic acids is 3. The van der Waals surface area contributed by atoms with Crippen LogP contribution in [0.2, 0.25) is 5.02 Å². The normalized spacial score (nSPS) is 13.6. The number of nitrogens with zero attached hydrogens (tertiary/aromatic N) is 1. The molecule has 1 aromatic carbocycles. The molecule has 0 atom stereocenters. The number of hydrogen-bond acceptors (Lipinski definition) is 4. The van der Waals surface area contributed by atoms with E-state index >= 15 is 0 Å². The molecular weight excluding hydrogens is 282 g/mol. The fraction of sp³-hybridized carbons (Fsp3) is 0.308. The van der Waals surface area contributed by atoms with Gasteiger partial charge in [0.1, 0.15) is 0 Å². The summed E-state index contributed by atoms with van der Waals surface area (Å²) in [6.07, 6.45) is 1.46. The molecule has 0 bridgehead atoms. The molecule has 7 heteroatoms. The van der Waals surface area contributed by atoms with Gasteiger partial charge >= 0.3 is 0 Å². The van der Waals surface area contributed by atoms with Crippen LogP contribution in [0.1, 0.15) is 29.6 Å². The highest BCUT2D eigenvalue weighted by Gasteiger charge is 2.36. The second-order valence-corrected chi connectivity index (χ2v) is 4.85. The van der Waals surface area contributed by atoms with Crippen LogP contribution < -0.4 is 16.2 Å². The van der Waals surface area contributed by atoms with E-state index in [1.807, 2.05) is 5.43 Å². The van der Waals surface area contributed by atoms with Crippen LogP contribution in [0.5, 0.6) is 0 Å². The Balaban J connectivity index is 2.03. The Morgan fingerprint density at radius 3 is 2.75 bits per heavy atom. The average Bonchev–Trinajstić information content (AvgIpc) is 2.68. The smallest absolute Gasteiger partial charge is 0.299 e. The van der Waals surface area contributed by atoms with Gasteiger partial charge in [-0.15, -0.1) is 0 Å². The molecule has 20 heavy (non-hydrogen) atoms. The van der Waals surface area contributed by atoms with Crippen molar-refractivity contribution in [1.29, 1.82) is 0 Å². The first-order chi connectivity index (χ1) is 9.56. The molecule has 0 saturated carbocycles. The highest BCUT2D eigenvalue weighted by Crippen LogP contribution is 2.34. The molecule has 3 N–H and O–H groups in total. The molecule has 2 rings (SSSR count). The Bertz CT molecular complexity index is 574. The molecule has 0 aliphatic carbocycles. The number of hydrazine groups is 1. The number of Topliss-reactive ketones (excluding diaryl/α,β-unsaturated/α-hetero) is 1. The Morgan fingerprint density at radius 1 is 1.30 bits per heavy atom. The van der Waals surface area contributed by atoms with E-state index in [9.17, 15) is 14.4 Å². The van der Waals surface area contributed by atoms with Crippen LogP contribution in [0.25, 0.3) is 0 Å². The molecule has 0 aromatic heterocycles. The Hall–Kier alpha value is -1.92. The van der Waals surface area contributed by atoms with Crippen molar-refractivity contribution >= 4 is 34.9 Å². The highest BCUT2D eigenvalue weighted by atomic mass is 35.5. The number of ketones is 1. The maximum absolute atomic E-state index is 11.9. The zero-order chi connectivity index (χ0) is 14.7. The average molecular weight is 296 g/mol. The van der Waals surface area contributed by atoms with E-state index in [0.717, 1.165) is 0 Å². The lowest BCUT2D eigenvalue weighted by Gasteiger charge is -2.16. The molecule has 1 aromatic rings. The maximum atomic E-state index is 11.9. The second-order valence-electron chi connectivity index (χ2n) is 4.44. The van der Waals surface area contributed by atoms with Gasteiger partial charge in [0.2, 0.25) is 5.91 Å². The summed E-state index contributed by atoms with van der Waals surface area (Å²) in [4.78, 5) is 36.2. The number of fused-ring (bicyclic) bond motifs is 1. The summed E-state index contributed by atoms with van der Waals surface area (Å²) in [6.45, 7) is 0.371. The van der Waals surface area contributed by atoms with Crippen LogP contribution in [-0.4, -0.2) is 24.1 Å². The number of nitrogens with one attached hydrogen (secondary N) is 1. The number of amides is 2. The molecule has 0 saturated heterocycles. The third-order valence-corrected chi connectivity index (χ3v) is 3.46. The lowest BCUT2D eigenvalue weighted by Crippen LogP contribution is -2.31. The topological polar surface area (TPSA) is 92.5 Å². The van der Waals surface area contributed by atoms with Crippen molar-refractivity contribution in [2.45, 2.75) is 19.3 Å². The summed E-state index contributed by atoms with van der Waals surface area (Å²) >= 11 is 5.95. The molecule has 1 aliphatic heterocycles. The van der Waals surface area contributed by atoms with Crippen molar-refractivity contribution in [2.24, 2.45) is 5.84 Å². The molecule has 0 unspecified atom stereocenters. The minimum absolute atomic E-state index is 0.253. The van der Waals surface area contributed by atoms with Gasteiger partial charge in [0.15, 0.2) is 0 Å². The standard InChI is InChI=1S/C13H14ClN3O3/c14-8-4-3-5-9-11(8)12(19)13(20)17(9)7-2-1-6-10(18)16-15/h3-5H,1-2,6-7,15H2,(H,16,18). The molecule has 0 radical (unpaired) electrons. The van der Waals surface area contributed by atoms with Crippen molar-refractivity contribution in [2.75, 3.05) is 11.4 Å². The van der Waals surface area contributed by atoms with E-state index < -0.39 is 11.7 Å². The van der Waals surface area contributed by atoms with E-state index in [2.05, 4.69) is 0 Å². The predicted octanol–water partition coefficient (Wildman–Crippen LogP) is 1.03. The summed E-state index contributed by atoms with van der Waals surface area (Å²) < 4.78 is 0. The number of halogens is 1. The zero-order valence-corrected chi connectivity index (χ0v) is 11.4. The number of rotatable bonds is 5. The number of hydrogen-bond donors (Lipinski definition) is 2. The van der Waals surface area contributed by atoms with Gasteiger partial charge in [-0.05, 0) is 25.0 Å². The van der Waals surface area contributed by atoms with Crippen LogP contribution >= 0.6 is 11.6 Å². The van der Waals surface area contributed by atoms with Crippen LogP contribution in [0.4, 0.5) is 5.69 Å². The van der Waals surface area contributed by atoms with Gasteiger partial charge in [-0.2, -0.15) is 0 Å². The van der Waals surface area contributed by atoms with Crippen LogP contribution in [0, 0.1) is 0 Å². The fourth-order valence-electron chi connectivity index (χ4n) is 2.15. The van der Waals surface area contributed by atoms with Gasteiger partial charge in [-0.25, -0.2) is 5.84 Å². The van der Waals surface area contributed by atoms with E-state index in [0.29, 0.717) is 25.1 Å². The number of benzene rings is 1. The quantitative estimate of drug-likeness (QED) is 0.279. The van der Waals surface area contributed by atoms with Gasteiger partial charge in [0.05, 0.1) is 16.3 Å². The van der Waals surface area contributed by atoms with Crippen molar-refractivity contribution in [3.63, 3.8) is 0 Å². The molecule has 0 spiro atoms. The van der Waals surface area contributed by atoms with E-state index in [1.165, 1.54) is 4.90 Å². The molecular formula is C13H14ClN3O3. The predicted molar refractivity (Wildman–Crippen MR) is 74.3 cm³/mol. The molecule has 2 amide bonds. The Labute approximate surface area is 120 Å². The third-order valence-electron chi connectivity index (χ3n) is 3.15. The van der Waals surface area contributed by atoms with Crippen molar-refractivity contribution in [3.05, 3.63) is 28.8 Å². The number of nitrogens with two attached hydrogens (primary N) is 1. The molecule has 1 aliphatic rings. The summed E-state index contributed by atoms with van der Waals surface area (Å²) in [6, 6.07) is 4.97. The first-order valence-electron chi connectivity index (χ1n) is 6.20. The van der Waals surface area contributed by atoms with Crippen molar-refractivity contribution in [3.8, 4) is 0 Å². The number of anilines is 1. The fourth-order valence-corrected chi connectivity index (χ4v) is 2.41. The summed E-state index contributed by atoms with van der Waals surface area (Å²) in [7, 11) is 0. The first kappa shape index (κ1) is 14.5. The lowest BCUT2D eigenvalue weighted by atomic mass is 10.1. The molecule has 6 nitrogen and oxygen atoms in total. The van der Waals surface area contributed by atoms with E-state index in [-0.39, 0.29) is 22.9 Å². The second kappa shape index (κ2) is 6.02. The number of unbranched alkanes of at least 4 members (excludes halogenated alkanes) is 1. The van der Waals surface area contributed by atoms with Crippen LogP contribution in [0.3, 0.4) is 0 Å². The molecule has 106 valence electrons. The molecule has 0 fully saturated rings. The zero-order valence-electron chi connectivity index (χ0n) is 10.7. The van der Waals surface area contributed by atoms with Crippen LogP contribution in [-0.2, 0) is 9.59 Å². The van der Waals surface area contributed by atoms with Gasteiger partial charge in [0.25, 0.3) is 11.7 Å². The third kappa shape index (κ3) is 2.66. The van der Waals surface area contributed by atoms with Crippen LogP contribution in [0.15, 0.2) is 18.2 Å². The highest BCUT2D eigenvalue weighted by molar-refractivity contribution is 6.55. The van der Waals surface area contributed by atoms with E-state index in [4.69, 9.17) is 17.4 Å². The largest absolute Gasteiger partial charge is 0.305 e. The van der Waals surface area contributed by atoms with Crippen molar-refractivity contribution < 1.29 is 14.4 Å². The monoisotopic (exact) mass is 295 g/mol. The summed E-state index contributed by atoms with van der Waals surface area (Å²) in [5, 5.41) is 0.283. The Kier molecular flexibility index (Phi) is 4.36. The van der Waals surface area contributed by atoms with Gasteiger partial charge in [-0.1, -0.05) is 17.7 Å². The minimum Gasteiger partial charge on any atom is -0.305 e. The van der Waals surface area contributed by atoms with Gasteiger partial charge in [-0.3, -0.25) is 19.8 Å². The lowest BCUT2D eigenvalue weighted by molar-refractivity contribution is -0.121. The van der Waals surface area contributed by atoms with Crippen molar-refractivity contribution in [1.82, 2.24) is 5.43 Å². The first-order valence-corrected chi connectivity index (χ1v) is 6.58. The SMILES string of the molecule is NNC(=O)CCCCN1C(=O)C(=O)c2c(Cl)cccc21. The minimum atomic E-state index is -0.578. The maximum Gasteiger partial charge on any atom is 0.299 e. The number of carbonyl (C=O) groups is 3. The van der Waals surface area contributed by atoms with E-state index in [1.54, 1.807) is 18.2 Å². The van der Waals surface area contributed by atoms with Gasteiger partial charge in [0, 0.05) is 13.0 Å².